The average Bonchev–Trinajstić information content (AvgIpc) is 2.48. The highest BCUT2D eigenvalue weighted by Gasteiger charge is 2.21. The van der Waals surface area contributed by atoms with Gasteiger partial charge in [0.2, 0.25) is 0 Å². The summed E-state index contributed by atoms with van der Waals surface area (Å²) in [7, 11) is -3.18. The summed E-state index contributed by atoms with van der Waals surface area (Å²) in [5.41, 5.74) is 0. The van der Waals surface area contributed by atoms with Crippen molar-refractivity contribution in [2.45, 2.75) is 90.2 Å². The van der Waals surface area contributed by atoms with E-state index < -0.39 is 15.8 Å². The van der Waals surface area contributed by atoms with Gasteiger partial charge in [-0.25, -0.2) is 8.42 Å². The molecule has 0 aromatic carbocycles. The quantitative estimate of drug-likeness (QED) is 0.351. The maximum atomic E-state index is 12.1. The summed E-state index contributed by atoms with van der Waals surface area (Å²) < 4.78 is 28.9. The third kappa shape index (κ3) is 11.0. The molecule has 22 heavy (non-hydrogen) atoms. The van der Waals surface area contributed by atoms with Crippen LogP contribution in [0.25, 0.3) is 0 Å². The fraction of sp³-hybridized carbons (Fsp3) is 0.941. The summed E-state index contributed by atoms with van der Waals surface area (Å²) in [6.45, 7) is 5.98. The highest BCUT2D eigenvalue weighted by atomic mass is 32.2. The van der Waals surface area contributed by atoms with Crippen molar-refractivity contribution >= 4 is 15.8 Å². The van der Waals surface area contributed by atoms with Gasteiger partial charge in [-0.15, -0.1) is 0 Å². The number of carbonyl (C=O) groups excluding carboxylic acids is 1. The molecule has 0 amide bonds. The van der Waals surface area contributed by atoms with Crippen molar-refractivity contribution in [1.29, 1.82) is 0 Å². The lowest BCUT2D eigenvalue weighted by molar-refractivity contribution is -0.142. The van der Waals surface area contributed by atoms with Crippen molar-refractivity contribution in [3.8, 4) is 0 Å². The first kappa shape index (κ1) is 21.4. The summed E-state index contributed by atoms with van der Waals surface area (Å²) in [5, 5.41) is -0.359. The summed E-state index contributed by atoms with van der Waals surface area (Å²) in [6.07, 6.45) is 10.4. The van der Waals surface area contributed by atoms with Gasteiger partial charge < -0.3 is 4.74 Å². The molecule has 0 saturated carbocycles. The Kier molecular flexibility index (Phi) is 12.6. The second-order valence-electron chi connectivity index (χ2n) is 6.00. The average molecular weight is 335 g/mol. The van der Waals surface area contributed by atoms with Gasteiger partial charge in [-0.3, -0.25) is 4.79 Å². The monoisotopic (exact) mass is 334 g/mol. The van der Waals surface area contributed by atoms with Crippen molar-refractivity contribution < 1.29 is 17.9 Å². The molecule has 4 nitrogen and oxygen atoms in total. The minimum absolute atomic E-state index is 0.0298. The smallest absolute Gasteiger partial charge is 0.306 e. The maximum Gasteiger partial charge on any atom is 0.306 e. The number of hydrogen-bond acceptors (Lipinski definition) is 4. The highest BCUT2D eigenvalue weighted by molar-refractivity contribution is 7.92. The van der Waals surface area contributed by atoms with E-state index >= 15 is 0 Å². The van der Waals surface area contributed by atoms with Crippen LogP contribution < -0.4 is 0 Å². The zero-order chi connectivity index (χ0) is 16.8. The molecule has 0 heterocycles. The van der Waals surface area contributed by atoms with E-state index in [-0.39, 0.29) is 17.4 Å². The standard InChI is InChI=1S/C17H34O4S/c1-4-6-7-8-9-10-11-12-13-16(3)22(19,20)15-14-17(18)21-5-2/h16H,4-15H2,1-3H3. The van der Waals surface area contributed by atoms with E-state index in [1.54, 1.807) is 13.8 Å². The zero-order valence-corrected chi connectivity index (χ0v) is 15.4. The van der Waals surface area contributed by atoms with Gasteiger partial charge in [-0.2, -0.15) is 0 Å². The molecule has 0 aromatic rings. The van der Waals surface area contributed by atoms with Crippen LogP contribution in [0.3, 0.4) is 0 Å². The van der Waals surface area contributed by atoms with Crippen molar-refractivity contribution in [1.82, 2.24) is 0 Å². The van der Waals surface area contributed by atoms with Gasteiger partial charge in [0.1, 0.15) is 0 Å². The molecule has 1 atom stereocenters. The molecule has 0 aliphatic rings. The minimum atomic E-state index is -3.18. The van der Waals surface area contributed by atoms with E-state index in [9.17, 15) is 13.2 Å². The van der Waals surface area contributed by atoms with Crippen LogP contribution in [-0.2, 0) is 19.4 Å². The van der Waals surface area contributed by atoms with Gasteiger partial charge in [-0.05, 0) is 20.3 Å². The second-order valence-corrected chi connectivity index (χ2v) is 8.53. The van der Waals surface area contributed by atoms with Gasteiger partial charge in [0, 0.05) is 0 Å². The summed E-state index contributed by atoms with van der Waals surface area (Å²) in [5.74, 6) is -0.519. The number of esters is 1. The van der Waals surface area contributed by atoms with E-state index in [1.807, 2.05) is 0 Å². The Morgan fingerprint density at radius 3 is 2.05 bits per heavy atom. The predicted octanol–water partition coefficient (Wildman–Crippen LogP) is 4.27. The zero-order valence-electron chi connectivity index (χ0n) is 14.6. The van der Waals surface area contributed by atoms with Gasteiger partial charge in [0.05, 0.1) is 24.0 Å². The lowest BCUT2D eigenvalue weighted by Gasteiger charge is -2.12. The SMILES string of the molecule is CCCCCCCCCCC(C)S(=O)(=O)CCC(=O)OCC. The van der Waals surface area contributed by atoms with Gasteiger partial charge in [0.25, 0.3) is 0 Å². The van der Waals surface area contributed by atoms with Crippen LogP contribution >= 0.6 is 0 Å². The molecule has 5 heteroatoms. The third-order valence-corrected chi connectivity index (χ3v) is 6.21. The Balaban J connectivity index is 3.76. The first-order valence-electron chi connectivity index (χ1n) is 8.81. The van der Waals surface area contributed by atoms with E-state index in [4.69, 9.17) is 4.74 Å². The van der Waals surface area contributed by atoms with Crippen LogP contribution in [0.5, 0.6) is 0 Å². The number of carbonyl (C=O) groups is 1. The lowest BCUT2D eigenvalue weighted by Crippen LogP contribution is -2.23. The summed E-state index contributed by atoms with van der Waals surface area (Å²) in [4.78, 5) is 11.2. The fourth-order valence-electron chi connectivity index (χ4n) is 2.41. The molecule has 1 unspecified atom stereocenters. The molecule has 0 radical (unpaired) electrons. The van der Waals surface area contributed by atoms with Crippen molar-refractivity contribution in [2.75, 3.05) is 12.4 Å². The molecule has 0 fully saturated rings. The number of hydrogen-bond donors (Lipinski definition) is 0. The van der Waals surface area contributed by atoms with Crippen LogP contribution in [0.1, 0.15) is 85.0 Å². The Bertz CT molecular complexity index is 376. The van der Waals surface area contributed by atoms with Gasteiger partial charge in [-0.1, -0.05) is 58.3 Å². The molecule has 0 saturated heterocycles. The number of unbranched alkanes of at least 4 members (excludes halogenated alkanes) is 7. The predicted molar refractivity (Wildman–Crippen MR) is 91.7 cm³/mol. The molecular formula is C17H34O4S. The number of sulfone groups is 1. The first-order chi connectivity index (χ1) is 10.4. The van der Waals surface area contributed by atoms with E-state index in [0.29, 0.717) is 13.0 Å². The normalized spacial score (nSPS) is 13.0. The summed E-state index contributed by atoms with van der Waals surface area (Å²) >= 11 is 0. The van der Waals surface area contributed by atoms with Crippen LogP contribution in [-0.4, -0.2) is 32.0 Å². The van der Waals surface area contributed by atoms with E-state index in [0.717, 1.165) is 12.8 Å². The molecule has 0 bridgehead atoms. The van der Waals surface area contributed by atoms with E-state index in [2.05, 4.69) is 6.92 Å². The molecule has 0 aromatic heterocycles. The minimum Gasteiger partial charge on any atom is -0.466 e. The van der Waals surface area contributed by atoms with Crippen LogP contribution in [0, 0.1) is 0 Å². The van der Waals surface area contributed by atoms with Crippen molar-refractivity contribution in [2.24, 2.45) is 0 Å². The molecular weight excluding hydrogens is 300 g/mol. The van der Waals surface area contributed by atoms with Crippen molar-refractivity contribution in [3.63, 3.8) is 0 Å². The van der Waals surface area contributed by atoms with Gasteiger partial charge >= 0.3 is 5.97 Å². The third-order valence-electron chi connectivity index (χ3n) is 3.97. The number of ether oxygens (including phenoxy) is 1. The molecule has 0 aliphatic carbocycles. The van der Waals surface area contributed by atoms with Gasteiger partial charge in [0.15, 0.2) is 9.84 Å². The molecule has 0 rings (SSSR count). The Labute approximate surface area is 136 Å². The fourth-order valence-corrected chi connectivity index (χ4v) is 3.78. The summed E-state index contributed by atoms with van der Waals surface area (Å²) in [6, 6.07) is 0. The van der Waals surface area contributed by atoms with Crippen LogP contribution in [0.15, 0.2) is 0 Å². The van der Waals surface area contributed by atoms with Crippen molar-refractivity contribution in [3.05, 3.63) is 0 Å². The van der Waals surface area contributed by atoms with Crippen LogP contribution in [0.2, 0.25) is 0 Å². The maximum absolute atomic E-state index is 12.1. The Morgan fingerprint density at radius 1 is 0.955 bits per heavy atom. The largest absolute Gasteiger partial charge is 0.466 e. The van der Waals surface area contributed by atoms with Crippen LogP contribution in [0.4, 0.5) is 0 Å². The molecule has 0 aliphatic heterocycles. The molecule has 0 N–H and O–H groups in total. The highest BCUT2D eigenvalue weighted by Crippen LogP contribution is 2.15. The topological polar surface area (TPSA) is 60.4 Å². The molecule has 132 valence electrons. The number of rotatable bonds is 14. The Morgan fingerprint density at radius 2 is 1.50 bits per heavy atom. The second kappa shape index (κ2) is 12.9. The lowest BCUT2D eigenvalue weighted by atomic mass is 10.1. The molecule has 0 spiro atoms. The van der Waals surface area contributed by atoms with E-state index in [1.165, 1.54) is 38.5 Å². The Hall–Kier alpha value is -0.580. The first-order valence-corrected chi connectivity index (χ1v) is 10.5.